The summed E-state index contributed by atoms with van der Waals surface area (Å²) < 4.78 is 0. The quantitative estimate of drug-likeness (QED) is 0.770. The van der Waals surface area contributed by atoms with Crippen LogP contribution in [0.2, 0.25) is 0 Å². The van der Waals surface area contributed by atoms with E-state index in [9.17, 15) is 5.11 Å². The van der Waals surface area contributed by atoms with Crippen molar-refractivity contribution in [2.45, 2.75) is 18.7 Å². The smallest absolute Gasteiger partial charge is 0.118 e. The molecular weight excluding hydrogens is 207 g/mol. The first-order valence-corrected chi connectivity index (χ1v) is 5.27. The van der Waals surface area contributed by atoms with Crippen LogP contribution in [-0.2, 0) is 12.3 Å². The van der Waals surface area contributed by atoms with Gasteiger partial charge in [0.2, 0.25) is 0 Å². The predicted molar refractivity (Wildman–Crippen MR) is 56.7 cm³/mol. The van der Waals surface area contributed by atoms with Crippen molar-refractivity contribution in [3.8, 4) is 5.75 Å². The van der Waals surface area contributed by atoms with Gasteiger partial charge in [0, 0.05) is 11.8 Å². The van der Waals surface area contributed by atoms with Gasteiger partial charge in [0.05, 0.1) is 0 Å². The van der Waals surface area contributed by atoms with E-state index < -0.39 is 0 Å². The van der Waals surface area contributed by atoms with Crippen LogP contribution >= 0.6 is 23.2 Å². The van der Waals surface area contributed by atoms with Crippen molar-refractivity contribution in [1.29, 1.82) is 0 Å². The summed E-state index contributed by atoms with van der Waals surface area (Å²) in [6, 6.07) is 5.43. The highest BCUT2D eigenvalue weighted by Crippen LogP contribution is 2.21. The zero-order valence-electron chi connectivity index (χ0n) is 7.26. The molecule has 3 heteroatoms. The maximum absolute atomic E-state index is 9.47. The third-order valence-electron chi connectivity index (χ3n) is 1.88. The molecule has 0 atom stereocenters. The molecule has 1 N–H and O–H groups in total. The first-order chi connectivity index (χ1) is 6.27. The van der Waals surface area contributed by atoms with E-state index in [2.05, 4.69) is 0 Å². The van der Waals surface area contributed by atoms with E-state index in [-0.39, 0.29) is 0 Å². The molecule has 1 aromatic carbocycles. The number of phenolic OH excluding ortho intramolecular Hbond substituents is 1. The molecule has 0 aromatic heterocycles. The van der Waals surface area contributed by atoms with Crippen LogP contribution < -0.4 is 0 Å². The van der Waals surface area contributed by atoms with Crippen LogP contribution in [0.15, 0.2) is 18.2 Å². The van der Waals surface area contributed by atoms with Crippen LogP contribution in [-0.4, -0.2) is 11.0 Å². The van der Waals surface area contributed by atoms with E-state index in [1.54, 1.807) is 6.07 Å². The maximum Gasteiger partial charge on any atom is 0.118 e. The summed E-state index contributed by atoms with van der Waals surface area (Å²) >= 11 is 11.2. The van der Waals surface area contributed by atoms with Gasteiger partial charge in [-0.1, -0.05) is 12.1 Å². The minimum absolute atomic E-state index is 0.332. The van der Waals surface area contributed by atoms with Crippen molar-refractivity contribution < 1.29 is 5.11 Å². The van der Waals surface area contributed by atoms with E-state index >= 15 is 0 Å². The van der Waals surface area contributed by atoms with Gasteiger partial charge in [-0.3, -0.25) is 0 Å². The van der Waals surface area contributed by atoms with Gasteiger partial charge in [-0.25, -0.2) is 0 Å². The standard InChI is InChI=1S/C10H12Cl2O/c11-5-1-2-9-6-8(7-12)3-4-10(9)13/h3-4,6,13H,1-2,5,7H2. The highest BCUT2D eigenvalue weighted by molar-refractivity contribution is 6.17. The Labute approximate surface area is 88.3 Å². The molecule has 1 rings (SSSR count). The summed E-state index contributed by atoms with van der Waals surface area (Å²) in [5, 5.41) is 9.47. The maximum atomic E-state index is 9.47. The van der Waals surface area contributed by atoms with Crippen molar-refractivity contribution in [2.75, 3.05) is 5.88 Å². The van der Waals surface area contributed by atoms with E-state index in [0.717, 1.165) is 24.0 Å². The lowest BCUT2D eigenvalue weighted by atomic mass is 10.1. The molecule has 1 nitrogen and oxygen atoms in total. The first-order valence-electron chi connectivity index (χ1n) is 4.20. The SMILES string of the molecule is Oc1ccc(CCl)cc1CCCCl. The summed E-state index contributed by atoms with van der Waals surface area (Å²) in [6.45, 7) is 0. The molecule has 0 saturated heterocycles. The van der Waals surface area contributed by atoms with Crippen molar-refractivity contribution in [3.63, 3.8) is 0 Å². The predicted octanol–water partition coefficient (Wildman–Crippen LogP) is 3.30. The summed E-state index contributed by atoms with van der Waals surface area (Å²) in [4.78, 5) is 0. The number of hydrogen-bond donors (Lipinski definition) is 1. The Morgan fingerprint density at radius 3 is 2.62 bits per heavy atom. The molecule has 0 saturated carbocycles. The summed E-state index contributed by atoms with van der Waals surface area (Å²) in [7, 11) is 0. The third-order valence-corrected chi connectivity index (χ3v) is 2.45. The molecule has 0 spiro atoms. The van der Waals surface area contributed by atoms with Crippen LogP contribution in [0.25, 0.3) is 0 Å². The second-order valence-corrected chi connectivity index (χ2v) is 3.53. The van der Waals surface area contributed by atoms with Crippen LogP contribution in [0, 0.1) is 0 Å². The average molecular weight is 219 g/mol. The molecule has 0 aliphatic heterocycles. The van der Waals surface area contributed by atoms with Crippen LogP contribution in [0.1, 0.15) is 17.5 Å². The Balaban J connectivity index is 2.78. The molecule has 72 valence electrons. The number of phenols is 1. The highest BCUT2D eigenvalue weighted by Gasteiger charge is 2.01. The fourth-order valence-electron chi connectivity index (χ4n) is 1.18. The molecule has 0 fully saturated rings. The van der Waals surface area contributed by atoms with Crippen molar-refractivity contribution >= 4 is 23.2 Å². The third kappa shape index (κ3) is 3.09. The lowest BCUT2D eigenvalue weighted by Crippen LogP contribution is -1.89. The van der Waals surface area contributed by atoms with Gasteiger partial charge in [0.1, 0.15) is 5.75 Å². The minimum atomic E-state index is 0.332. The molecule has 0 radical (unpaired) electrons. The Morgan fingerprint density at radius 1 is 1.23 bits per heavy atom. The highest BCUT2D eigenvalue weighted by atomic mass is 35.5. The van der Waals surface area contributed by atoms with Crippen molar-refractivity contribution in [1.82, 2.24) is 0 Å². The number of halogens is 2. The Morgan fingerprint density at radius 2 is 2.00 bits per heavy atom. The van der Waals surface area contributed by atoms with Gasteiger partial charge in [0.25, 0.3) is 0 Å². The average Bonchev–Trinajstić information content (AvgIpc) is 2.17. The van der Waals surface area contributed by atoms with Crippen molar-refractivity contribution in [2.24, 2.45) is 0 Å². The lowest BCUT2D eigenvalue weighted by Gasteiger charge is -2.04. The fourth-order valence-corrected chi connectivity index (χ4v) is 1.48. The normalized spacial score (nSPS) is 10.3. The first kappa shape index (κ1) is 10.7. The van der Waals surface area contributed by atoms with E-state index in [0.29, 0.717) is 17.5 Å². The minimum Gasteiger partial charge on any atom is -0.508 e. The Kier molecular flexibility index (Phi) is 4.40. The van der Waals surface area contributed by atoms with Crippen molar-refractivity contribution in [3.05, 3.63) is 29.3 Å². The summed E-state index contributed by atoms with van der Waals surface area (Å²) in [5.74, 6) is 1.43. The number of aromatic hydroxyl groups is 1. The monoisotopic (exact) mass is 218 g/mol. The van der Waals surface area contributed by atoms with Crippen LogP contribution in [0.5, 0.6) is 5.75 Å². The lowest BCUT2D eigenvalue weighted by molar-refractivity contribution is 0.467. The number of aryl methyl sites for hydroxylation is 1. The van der Waals surface area contributed by atoms with Crippen LogP contribution in [0.3, 0.4) is 0 Å². The molecule has 1 aromatic rings. The zero-order chi connectivity index (χ0) is 9.68. The number of benzene rings is 1. The van der Waals surface area contributed by atoms with Gasteiger partial charge < -0.3 is 5.11 Å². The van der Waals surface area contributed by atoms with Gasteiger partial charge in [-0.15, -0.1) is 23.2 Å². The Bertz CT molecular complexity index is 274. The van der Waals surface area contributed by atoms with Gasteiger partial charge in [0.15, 0.2) is 0 Å². The number of rotatable bonds is 4. The molecule has 0 unspecified atom stereocenters. The summed E-state index contributed by atoms with van der Waals surface area (Å²) in [5.41, 5.74) is 1.96. The molecule has 13 heavy (non-hydrogen) atoms. The van der Waals surface area contributed by atoms with Gasteiger partial charge >= 0.3 is 0 Å². The molecule has 0 bridgehead atoms. The topological polar surface area (TPSA) is 20.2 Å². The fraction of sp³-hybridized carbons (Fsp3) is 0.400. The zero-order valence-corrected chi connectivity index (χ0v) is 8.78. The van der Waals surface area contributed by atoms with E-state index in [1.807, 2.05) is 12.1 Å². The number of alkyl halides is 2. The molecule has 0 heterocycles. The molecule has 0 aliphatic rings. The van der Waals surface area contributed by atoms with Crippen LogP contribution in [0.4, 0.5) is 0 Å². The molecule has 0 aliphatic carbocycles. The van der Waals surface area contributed by atoms with Gasteiger partial charge in [-0.2, -0.15) is 0 Å². The summed E-state index contributed by atoms with van der Waals surface area (Å²) in [6.07, 6.45) is 1.68. The number of hydrogen-bond acceptors (Lipinski definition) is 1. The Hall–Kier alpha value is -0.400. The van der Waals surface area contributed by atoms with Gasteiger partial charge in [-0.05, 0) is 30.0 Å². The second kappa shape index (κ2) is 5.36. The largest absolute Gasteiger partial charge is 0.508 e. The molecule has 0 amide bonds. The van der Waals surface area contributed by atoms with E-state index in [4.69, 9.17) is 23.2 Å². The second-order valence-electron chi connectivity index (χ2n) is 2.89. The molecular formula is C10H12Cl2O. The van der Waals surface area contributed by atoms with E-state index in [1.165, 1.54) is 0 Å².